The molecule has 0 amide bonds. The number of benzene rings is 2. The highest BCUT2D eigenvalue weighted by Gasteiger charge is 2.11. The summed E-state index contributed by atoms with van der Waals surface area (Å²) in [5, 5.41) is 20.4. The molecule has 0 radical (unpaired) electrons. The minimum absolute atomic E-state index is 0.0111. The second-order valence-corrected chi connectivity index (χ2v) is 4.60. The van der Waals surface area contributed by atoms with E-state index in [0.29, 0.717) is 12.2 Å². The van der Waals surface area contributed by atoms with Gasteiger partial charge in [-0.2, -0.15) is 0 Å². The molecular weight excluding hydrogens is 238 g/mol. The van der Waals surface area contributed by atoms with Crippen molar-refractivity contribution >= 4 is 10.9 Å². The molecule has 0 aliphatic rings. The van der Waals surface area contributed by atoms with E-state index >= 15 is 0 Å². The Hall–Kier alpha value is -2.26. The van der Waals surface area contributed by atoms with Gasteiger partial charge in [-0.15, -0.1) is 0 Å². The largest absolute Gasteiger partial charge is 0.505 e. The molecule has 0 atom stereocenters. The average molecular weight is 253 g/mol. The number of aliphatic hydroxyl groups is 1. The zero-order valence-corrected chi connectivity index (χ0v) is 10.4. The zero-order chi connectivity index (χ0) is 13.2. The second-order valence-electron chi connectivity index (χ2n) is 4.60. The molecule has 0 aliphatic carbocycles. The Morgan fingerprint density at radius 2 is 1.58 bits per heavy atom. The first kappa shape index (κ1) is 11.8. The smallest absolute Gasteiger partial charge is 0.144 e. The van der Waals surface area contributed by atoms with Crippen LogP contribution in [0.1, 0.15) is 16.8 Å². The third-order valence-electron chi connectivity index (χ3n) is 3.41. The molecule has 0 spiro atoms. The molecule has 3 N–H and O–H groups in total. The molecule has 0 saturated carbocycles. The van der Waals surface area contributed by atoms with Crippen molar-refractivity contribution < 1.29 is 10.2 Å². The van der Waals surface area contributed by atoms with E-state index in [0.717, 1.165) is 27.7 Å². The zero-order valence-electron chi connectivity index (χ0n) is 10.4. The number of para-hydroxylation sites is 1. The van der Waals surface area contributed by atoms with E-state index in [1.807, 2.05) is 48.5 Å². The molecule has 2 aromatic carbocycles. The maximum atomic E-state index is 10.2. The molecule has 3 rings (SSSR count). The molecule has 1 aromatic heterocycles. The van der Waals surface area contributed by atoms with E-state index in [2.05, 4.69) is 4.98 Å². The Balaban J connectivity index is 2.03. The topological polar surface area (TPSA) is 56.2 Å². The minimum atomic E-state index is 0.0111. The molecule has 96 valence electrons. The number of rotatable bonds is 3. The quantitative estimate of drug-likeness (QED) is 0.672. The highest BCUT2D eigenvalue weighted by atomic mass is 16.3. The van der Waals surface area contributed by atoms with Crippen LogP contribution in [0.25, 0.3) is 10.9 Å². The fourth-order valence-electron chi connectivity index (χ4n) is 2.39. The Morgan fingerprint density at radius 3 is 2.32 bits per heavy atom. The summed E-state index contributed by atoms with van der Waals surface area (Å²) in [5.41, 5.74) is 3.62. The lowest BCUT2D eigenvalue weighted by Gasteiger charge is -2.06. The van der Waals surface area contributed by atoms with Gasteiger partial charge in [0, 0.05) is 17.3 Å². The maximum Gasteiger partial charge on any atom is 0.144 e. The van der Waals surface area contributed by atoms with Crippen molar-refractivity contribution in [1.82, 2.24) is 4.98 Å². The summed E-state index contributed by atoms with van der Waals surface area (Å²) in [6, 6.07) is 15.4. The lowest BCUT2D eigenvalue weighted by Crippen LogP contribution is -1.95. The van der Waals surface area contributed by atoms with Crippen molar-refractivity contribution in [2.24, 2.45) is 0 Å². The van der Waals surface area contributed by atoms with E-state index in [-0.39, 0.29) is 6.61 Å². The van der Waals surface area contributed by atoms with Crippen molar-refractivity contribution in [2.45, 2.75) is 13.0 Å². The average Bonchev–Trinajstić information content (AvgIpc) is 2.77. The van der Waals surface area contributed by atoms with E-state index in [4.69, 9.17) is 0 Å². The van der Waals surface area contributed by atoms with Crippen LogP contribution in [0.2, 0.25) is 0 Å². The summed E-state index contributed by atoms with van der Waals surface area (Å²) in [6.07, 6.45) is 0.581. The molecule has 19 heavy (non-hydrogen) atoms. The Bertz CT molecular complexity index is 716. The summed E-state index contributed by atoms with van der Waals surface area (Å²) in [6.45, 7) is 0.0111. The number of hydrogen-bond donors (Lipinski definition) is 3. The summed E-state index contributed by atoms with van der Waals surface area (Å²) in [4.78, 5) is 3.23. The number of H-pyrrole nitrogens is 1. The van der Waals surface area contributed by atoms with Gasteiger partial charge in [0.05, 0.1) is 12.3 Å². The number of aromatic nitrogens is 1. The summed E-state index contributed by atoms with van der Waals surface area (Å²) < 4.78 is 0. The van der Waals surface area contributed by atoms with E-state index < -0.39 is 0 Å². The summed E-state index contributed by atoms with van der Waals surface area (Å²) in [7, 11) is 0. The maximum absolute atomic E-state index is 10.2. The number of aliphatic hydroxyl groups excluding tert-OH is 1. The van der Waals surface area contributed by atoms with Crippen LogP contribution in [0.4, 0.5) is 0 Å². The molecule has 0 saturated heterocycles. The van der Waals surface area contributed by atoms with Crippen LogP contribution in [0, 0.1) is 0 Å². The number of aromatic amines is 1. The monoisotopic (exact) mass is 253 g/mol. The van der Waals surface area contributed by atoms with Crippen LogP contribution < -0.4 is 0 Å². The van der Waals surface area contributed by atoms with Gasteiger partial charge in [-0.25, -0.2) is 0 Å². The van der Waals surface area contributed by atoms with Gasteiger partial charge in [0.1, 0.15) is 5.75 Å². The lowest BCUT2D eigenvalue weighted by atomic mass is 10.0. The van der Waals surface area contributed by atoms with Crippen molar-refractivity contribution in [2.75, 3.05) is 0 Å². The molecule has 0 unspecified atom stereocenters. The van der Waals surface area contributed by atoms with Crippen molar-refractivity contribution in [1.29, 1.82) is 0 Å². The Labute approximate surface area is 111 Å². The molecule has 0 fully saturated rings. The van der Waals surface area contributed by atoms with Gasteiger partial charge in [-0.3, -0.25) is 0 Å². The van der Waals surface area contributed by atoms with Crippen LogP contribution in [0.15, 0.2) is 48.5 Å². The highest BCUT2D eigenvalue weighted by molar-refractivity contribution is 5.87. The molecule has 3 aromatic rings. The molecule has 1 heterocycles. The first-order valence-electron chi connectivity index (χ1n) is 6.26. The van der Waals surface area contributed by atoms with Gasteiger partial charge >= 0.3 is 0 Å². The number of fused-ring (bicyclic) bond motifs is 1. The molecule has 3 heteroatoms. The first-order chi connectivity index (χ1) is 9.29. The fourth-order valence-corrected chi connectivity index (χ4v) is 2.39. The number of hydrogen-bond acceptors (Lipinski definition) is 2. The molecule has 0 aliphatic heterocycles. The van der Waals surface area contributed by atoms with Gasteiger partial charge in [0.25, 0.3) is 0 Å². The van der Waals surface area contributed by atoms with Crippen molar-refractivity contribution in [3.05, 3.63) is 65.4 Å². The second kappa shape index (κ2) is 4.78. The molecular formula is C16H15NO2. The van der Waals surface area contributed by atoms with Crippen LogP contribution in [-0.4, -0.2) is 15.2 Å². The predicted molar refractivity (Wildman–Crippen MR) is 75.1 cm³/mol. The molecule has 3 nitrogen and oxygen atoms in total. The van der Waals surface area contributed by atoms with Gasteiger partial charge in [0.2, 0.25) is 0 Å². The summed E-state index contributed by atoms with van der Waals surface area (Å²) >= 11 is 0. The Morgan fingerprint density at radius 1 is 0.895 bits per heavy atom. The number of nitrogens with one attached hydrogen (secondary N) is 1. The SMILES string of the molecule is OCc1ccccc1Cc1[nH]c2ccccc2c1O. The van der Waals surface area contributed by atoms with Gasteiger partial charge in [0.15, 0.2) is 0 Å². The third kappa shape index (κ3) is 2.09. The van der Waals surface area contributed by atoms with Crippen molar-refractivity contribution in [3.63, 3.8) is 0 Å². The van der Waals surface area contributed by atoms with E-state index in [1.165, 1.54) is 0 Å². The standard InChI is InChI=1S/C16H15NO2/c18-10-12-6-2-1-5-11(12)9-15-16(19)13-7-3-4-8-14(13)17-15/h1-8,17-19H,9-10H2. The fraction of sp³-hybridized carbons (Fsp3) is 0.125. The van der Waals surface area contributed by atoms with Crippen LogP contribution >= 0.6 is 0 Å². The van der Waals surface area contributed by atoms with Gasteiger partial charge in [-0.1, -0.05) is 36.4 Å². The van der Waals surface area contributed by atoms with Crippen molar-refractivity contribution in [3.8, 4) is 5.75 Å². The normalized spacial score (nSPS) is 11.0. The van der Waals surface area contributed by atoms with Crippen LogP contribution in [-0.2, 0) is 13.0 Å². The molecule has 0 bridgehead atoms. The van der Waals surface area contributed by atoms with E-state index in [1.54, 1.807) is 0 Å². The lowest BCUT2D eigenvalue weighted by molar-refractivity contribution is 0.280. The minimum Gasteiger partial charge on any atom is -0.505 e. The van der Waals surface area contributed by atoms with E-state index in [9.17, 15) is 10.2 Å². The van der Waals surface area contributed by atoms with Gasteiger partial charge < -0.3 is 15.2 Å². The summed E-state index contributed by atoms with van der Waals surface area (Å²) in [5.74, 6) is 0.295. The number of aromatic hydroxyl groups is 1. The van der Waals surface area contributed by atoms with Gasteiger partial charge in [-0.05, 0) is 23.3 Å². The van der Waals surface area contributed by atoms with Crippen LogP contribution in [0.3, 0.4) is 0 Å². The highest BCUT2D eigenvalue weighted by Crippen LogP contribution is 2.30. The first-order valence-corrected chi connectivity index (χ1v) is 6.26. The Kier molecular flexibility index (Phi) is 2.97. The predicted octanol–water partition coefficient (Wildman–Crippen LogP) is 2.96. The third-order valence-corrected chi connectivity index (χ3v) is 3.41. The van der Waals surface area contributed by atoms with Crippen LogP contribution in [0.5, 0.6) is 5.75 Å².